The molecule has 0 saturated carbocycles. The van der Waals surface area contributed by atoms with E-state index in [0.29, 0.717) is 5.92 Å². The molecule has 1 aromatic heterocycles. The molecule has 1 fully saturated rings. The van der Waals surface area contributed by atoms with Crippen molar-refractivity contribution in [2.24, 2.45) is 5.92 Å². The SMILES string of the molecule is Cc1ccc(C2NCC(C)CO2)o1. The van der Waals surface area contributed by atoms with Crippen LogP contribution in [0.4, 0.5) is 0 Å². The first kappa shape index (κ1) is 8.78. The number of rotatable bonds is 1. The van der Waals surface area contributed by atoms with E-state index in [-0.39, 0.29) is 6.23 Å². The van der Waals surface area contributed by atoms with Gasteiger partial charge in [-0.15, -0.1) is 0 Å². The maximum atomic E-state index is 5.58. The van der Waals surface area contributed by atoms with Gasteiger partial charge in [-0.05, 0) is 25.0 Å². The maximum Gasteiger partial charge on any atom is 0.167 e. The molecular formula is C10H15NO2. The lowest BCUT2D eigenvalue weighted by atomic mass is 10.1. The normalized spacial score (nSPS) is 29.1. The minimum absolute atomic E-state index is 0.0510. The molecule has 1 aliphatic heterocycles. The first-order valence-electron chi connectivity index (χ1n) is 4.67. The van der Waals surface area contributed by atoms with E-state index in [1.165, 1.54) is 0 Å². The molecule has 0 radical (unpaired) electrons. The number of ether oxygens (including phenoxy) is 1. The molecule has 2 heterocycles. The van der Waals surface area contributed by atoms with Crippen LogP contribution in [0.3, 0.4) is 0 Å². The van der Waals surface area contributed by atoms with Crippen LogP contribution < -0.4 is 5.32 Å². The molecule has 0 aliphatic carbocycles. The van der Waals surface area contributed by atoms with Crippen molar-refractivity contribution >= 4 is 0 Å². The summed E-state index contributed by atoms with van der Waals surface area (Å²) in [7, 11) is 0. The minimum atomic E-state index is -0.0510. The lowest BCUT2D eigenvalue weighted by Crippen LogP contribution is -2.36. The Hall–Kier alpha value is -0.800. The van der Waals surface area contributed by atoms with Crippen molar-refractivity contribution in [3.8, 4) is 0 Å². The second kappa shape index (κ2) is 3.52. The zero-order valence-corrected chi connectivity index (χ0v) is 8.04. The van der Waals surface area contributed by atoms with Gasteiger partial charge in [0.1, 0.15) is 11.5 Å². The van der Waals surface area contributed by atoms with Crippen molar-refractivity contribution in [2.75, 3.05) is 13.2 Å². The molecule has 0 spiro atoms. The van der Waals surface area contributed by atoms with Gasteiger partial charge in [0.2, 0.25) is 0 Å². The topological polar surface area (TPSA) is 34.4 Å². The van der Waals surface area contributed by atoms with Crippen molar-refractivity contribution < 1.29 is 9.15 Å². The van der Waals surface area contributed by atoms with Gasteiger partial charge in [0.15, 0.2) is 6.23 Å². The Balaban J connectivity index is 2.02. The van der Waals surface area contributed by atoms with Crippen LogP contribution in [0.5, 0.6) is 0 Å². The van der Waals surface area contributed by atoms with E-state index in [2.05, 4.69) is 12.2 Å². The van der Waals surface area contributed by atoms with Gasteiger partial charge in [-0.3, -0.25) is 5.32 Å². The fourth-order valence-corrected chi connectivity index (χ4v) is 1.46. The summed E-state index contributed by atoms with van der Waals surface area (Å²) in [5.74, 6) is 2.40. The lowest BCUT2D eigenvalue weighted by Gasteiger charge is -2.26. The van der Waals surface area contributed by atoms with Crippen molar-refractivity contribution in [3.63, 3.8) is 0 Å². The molecule has 3 nitrogen and oxygen atoms in total. The van der Waals surface area contributed by atoms with Crippen LogP contribution in [-0.4, -0.2) is 13.2 Å². The Morgan fingerprint density at radius 1 is 1.46 bits per heavy atom. The van der Waals surface area contributed by atoms with Crippen LogP contribution in [-0.2, 0) is 4.74 Å². The molecule has 2 rings (SSSR count). The summed E-state index contributed by atoms with van der Waals surface area (Å²) in [6, 6.07) is 3.92. The van der Waals surface area contributed by atoms with Crippen LogP contribution in [0.1, 0.15) is 24.7 Å². The van der Waals surface area contributed by atoms with Gasteiger partial charge in [-0.1, -0.05) is 6.92 Å². The number of hydrogen-bond donors (Lipinski definition) is 1. The van der Waals surface area contributed by atoms with Gasteiger partial charge in [-0.2, -0.15) is 0 Å². The van der Waals surface area contributed by atoms with Crippen molar-refractivity contribution in [1.29, 1.82) is 0 Å². The molecule has 0 aromatic carbocycles. The minimum Gasteiger partial charge on any atom is -0.462 e. The molecule has 1 saturated heterocycles. The number of aryl methyl sites for hydroxylation is 1. The van der Waals surface area contributed by atoms with Gasteiger partial charge in [0.25, 0.3) is 0 Å². The quantitative estimate of drug-likeness (QED) is 0.718. The summed E-state index contributed by atoms with van der Waals surface area (Å²) in [5.41, 5.74) is 0. The molecule has 72 valence electrons. The average Bonchev–Trinajstić information content (AvgIpc) is 2.53. The first-order valence-corrected chi connectivity index (χ1v) is 4.67. The van der Waals surface area contributed by atoms with E-state index in [0.717, 1.165) is 24.7 Å². The van der Waals surface area contributed by atoms with Gasteiger partial charge < -0.3 is 9.15 Å². The summed E-state index contributed by atoms with van der Waals surface area (Å²) < 4.78 is 11.1. The lowest BCUT2D eigenvalue weighted by molar-refractivity contribution is -0.0370. The molecule has 1 N–H and O–H groups in total. The van der Waals surface area contributed by atoms with Crippen LogP contribution in [0.2, 0.25) is 0 Å². The zero-order chi connectivity index (χ0) is 9.26. The third-order valence-corrected chi connectivity index (χ3v) is 2.22. The summed E-state index contributed by atoms with van der Waals surface area (Å²) in [5, 5.41) is 3.28. The number of hydrogen-bond acceptors (Lipinski definition) is 3. The van der Waals surface area contributed by atoms with Crippen molar-refractivity contribution in [3.05, 3.63) is 23.7 Å². The standard InChI is InChI=1S/C10H15NO2/c1-7-5-11-10(12-6-7)9-4-3-8(2)13-9/h3-4,7,10-11H,5-6H2,1-2H3. The smallest absolute Gasteiger partial charge is 0.167 e. The van der Waals surface area contributed by atoms with Crippen LogP contribution >= 0.6 is 0 Å². The average molecular weight is 181 g/mol. The third kappa shape index (κ3) is 1.92. The van der Waals surface area contributed by atoms with E-state index in [4.69, 9.17) is 9.15 Å². The predicted molar refractivity (Wildman–Crippen MR) is 49.3 cm³/mol. The molecule has 3 heteroatoms. The molecule has 0 amide bonds. The monoisotopic (exact) mass is 181 g/mol. The van der Waals surface area contributed by atoms with Crippen LogP contribution in [0.25, 0.3) is 0 Å². The van der Waals surface area contributed by atoms with E-state index in [1.54, 1.807) is 0 Å². The second-order valence-electron chi connectivity index (χ2n) is 3.68. The number of nitrogens with one attached hydrogen (secondary N) is 1. The zero-order valence-electron chi connectivity index (χ0n) is 8.04. The summed E-state index contributed by atoms with van der Waals surface area (Å²) in [4.78, 5) is 0. The second-order valence-corrected chi connectivity index (χ2v) is 3.68. The van der Waals surface area contributed by atoms with Gasteiger partial charge in [0, 0.05) is 6.54 Å². The molecule has 1 aromatic rings. The molecule has 1 aliphatic rings. The highest BCUT2D eigenvalue weighted by Crippen LogP contribution is 2.21. The molecule has 2 unspecified atom stereocenters. The van der Waals surface area contributed by atoms with Gasteiger partial charge >= 0.3 is 0 Å². The van der Waals surface area contributed by atoms with E-state index >= 15 is 0 Å². The summed E-state index contributed by atoms with van der Waals surface area (Å²) in [6.45, 7) is 5.90. The van der Waals surface area contributed by atoms with Gasteiger partial charge in [-0.25, -0.2) is 0 Å². The Bertz CT molecular complexity index is 274. The molecule has 0 bridgehead atoms. The van der Waals surface area contributed by atoms with Crippen molar-refractivity contribution in [1.82, 2.24) is 5.32 Å². The Kier molecular flexibility index (Phi) is 2.38. The molecule has 13 heavy (non-hydrogen) atoms. The first-order chi connectivity index (χ1) is 6.25. The Morgan fingerprint density at radius 3 is 2.85 bits per heavy atom. The molecule has 2 atom stereocenters. The third-order valence-electron chi connectivity index (χ3n) is 2.22. The van der Waals surface area contributed by atoms with Crippen LogP contribution in [0.15, 0.2) is 16.5 Å². The predicted octanol–water partition coefficient (Wildman–Crippen LogP) is 1.84. The van der Waals surface area contributed by atoms with Crippen LogP contribution in [0, 0.1) is 12.8 Å². The van der Waals surface area contributed by atoms with E-state index < -0.39 is 0 Å². The largest absolute Gasteiger partial charge is 0.462 e. The van der Waals surface area contributed by atoms with E-state index in [1.807, 2.05) is 19.1 Å². The summed E-state index contributed by atoms with van der Waals surface area (Å²) in [6.07, 6.45) is -0.0510. The highest BCUT2D eigenvalue weighted by molar-refractivity contribution is 5.08. The van der Waals surface area contributed by atoms with E-state index in [9.17, 15) is 0 Å². The van der Waals surface area contributed by atoms with Gasteiger partial charge in [0.05, 0.1) is 6.61 Å². The highest BCUT2D eigenvalue weighted by Gasteiger charge is 2.21. The molecular weight excluding hydrogens is 166 g/mol. The Labute approximate surface area is 78.1 Å². The number of furan rings is 1. The fraction of sp³-hybridized carbons (Fsp3) is 0.600. The summed E-state index contributed by atoms with van der Waals surface area (Å²) >= 11 is 0. The fourth-order valence-electron chi connectivity index (χ4n) is 1.46. The Morgan fingerprint density at radius 2 is 2.31 bits per heavy atom. The maximum absolute atomic E-state index is 5.58. The van der Waals surface area contributed by atoms with Crippen molar-refractivity contribution in [2.45, 2.75) is 20.1 Å². The highest BCUT2D eigenvalue weighted by atomic mass is 16.5.